The fourth-order valence-corrected chi connectivity index (χ4v) is 4.41. The summed E-state index contributed by atoms with van der Waals surface area (Å²) < 4.78 is 29.2. The Bertz CT molecular complexity index is 540. The minimum absolute atomic E-state index is 0.213. The molecule has 116 valence electrons. The molecule has 1 aliphatic rings. The van der Waals surface area contributed by atoms with Crippen LogP contribution in [0, 0.1) is 0 Å². The second-order valence-corrected chi connectivity index (χ2v) is 7.24. The molecule has 2 atom stereocenters. The standard InChI is InChI=1S/C14H20NO5P/c1-4-18-21(17,19-5-2)14(3)12(20-13(16)15-14)11-9-7-6-8-10-11/h6-10,12H,4-5H2,1-3H3,(H,15,16)/t12-,14+/m1/s1. The van der Waals surface area contributed by atoms with Crippen LogP contribution in [0.5, 0.6) is 0 Å². The van der Waals surface area contributed by atoms with Crippen molar-refractivity contribution in [1.82, 2.24) is 5.32 Å². The van der Waals surface area contributed by atoms with Gasteiger partial charge in [-0.05, 0) is 26.3 Å². The lowest BCUT2D eigenvalue weighted by atomic mass is 10.0. The van der Waals surface area contributed by atoms with Crippen LogP contribution in [0.15, 0.2) is 30.3 Å². The maximum atomic E-state index is 13.1. The van der Waals surface area contributed by atoms with Gasteiger partial charge in [-0.3, -0.25) is 4.57 Å². The molecule has 1 N–H and O–H groups in total. The molecule has 0 unspecified atom stereocenters. The van der Waals surface area contributed by atoms with E-state index in [0.29, 0.717) is 0 Å². The zero-order chi connectivity index (χ0) is 15.5. The van der Waals surface area contributed by atoms with Crippen molar-refractivity contribution in [3.05, 3.63) is 35.9 Å². The molecule has 7 heteroatoms. The topological polar surface area (TPSA) is 73.9 Å². The Morgan fingerprint density at radius 3 is 2.33 bits per heavy atom. The molecule has 1 amide bonds. The third-order valence-electron chi connectivity index (χ3n) is 3.36. The first-order valence-corrected chi connectivity index (χ1v) is 8.44. The fourth-order valence-electron chi connectivity index (χ4n) is 2.40. The van der Waals surface area contributed by atoms with Gasteiger partial charge in [0, 0.05) is 0 Å². The van der Waals surface area contributed by atoms with Gasteiger partial charge in [0.1, 0.15) is 0 Å². The number of cyclic esters (lactones) is 1. The molecule has 1 aliphatic heterocycles. The normalized spacial score (nSPS) is 25.5. The van der Waals surface area contributed by atoms with Crippen LogP contribution >= 0.6 is 7.60 Å². The van der Waals surface area contributed by atoms with E-state index in [-0.39, 0.29) is 13.2 Å². The molecule has 1 heterocycles. The van der Waals surface area contributed by atoms with Crippen LogP contribution in [-0.2, 0) is 18.3 Å². The van der Waals surface area contributed by atoms with Crippen molar-refractivity contribution in [1.29, 1.82) is 0 Å². The monoisotopic (exact) mass is 313 g/mol. The van der Waals surface area contributed by atoms with Crippen molar-refractivity contribution in [3.8, 4) is 0 Å². The number of carbonyl (C=O) groups is 1. The maximum Gasteiger partial charge on any atom is 0.408 e. The summed E-state index contributed by atoms with van der Waals surface area (Å²) in [5, 5.41) is 1.35. The highest BCUT2D eigenvalue weighted by Gasteiger charge is 2.60. The van der Waals surface area contributed by atoms with Crippen LogP contribution in [0.1, 0.15) is 32.4 Å². The third kappa shape index (κ3) is 2.84. The molecular weight excluding hydrogens is 293 g/mol. The van der Waals surface area contributed by atoms with Gasteiger partial charge in [-0.15, -0.1) is 0 Å². The van der Waals surface area contributed by atoms with Crippen LogP contribution in [0.2, 0.25) is 0 Å². The number of amides is 1. The highest BCUT2D eigenvalue weighted by molar-refractivity contribution is 7.55. The summed E-state index contributed by atoms with van der Waals surface area (Å²) in [6.07, 6.45) is -1.37. The first kappa shape index (κ1) is 16.0. The summed E-state index contributed by atoms with van der Waals surface area (Å²) in [5.41, 5.74) is 0.734. The van der Waals surface area contributed by atoms with E-state index in [2.05, 4.69) is 5.32 Å². The lowest BCUT2D eigenvalue weighted by molar-refractivity contribution is 0.115. The summed E-state index contributed by atoms with van der Waals surface area (Å²) in [6.45, 7) is 5.50. The molecule has 1 saturated heterocycles. The Kier molecular flexibility index (Phi) is 4.71. The van der Waals surface area contributed by atoms with E-state index in [4.69, 9.17) is 13.8 Å². The van der Waals surface area contributed by atoms with Crippen LogP contribution in [0.25, 0.3) is 0 Å². The molecule has 1 fully saturated rings. The summed E-state index contributed by atoms with van der Waals surface area (Å²) in [7, 11) is -3.59. The van der Waals surface area contributed by atoms with E-state index in [0.717, 1.165) is 5.56 Å². The van der Waals surface area contributed by atoms with Crippen molar-refractivity contribution >= 4 is 13.7 Å². The Labute approximate surface area is 124 Å². The lowest BCUT2D eigenvalue weighted by Gasteiger charge is -2.34. The number of ether oxygens (including phenoxy) is 1. The molecule has 0 aliphatic carbocycles. The van der Waals surface area contributed by atoms with Crippen LogP contribution in [-0.4, -0.2) is 24.6 Å². The Balaban J connectivity index is 2.45. The third-order valence-corrected chi connectivity index (χ3v) is 6.04. The number of hydrogen-bond donors (Lipinski definition) is 1. The molecule has 0 radical (unpaired) electrons. The number of rotatable bonds is 6. The van der Waals surface area contributed by atoms with Crippen LogP contribution < -0.4 is 5.32 Å². The van der Waals surface area contributed by atoms with E-state index in [1.165, 1.54) is 0 Å². The lowest BCUT2D eigenvalue weighted by Crippen LogP contribution is -2.42. The van der Waals surface area contributed by atoms with Gasteiger partial charge >= 0.3 is 13.7 Å². The van der Waals surface area contributed by atoms with Gasteiger partial charge < -0.3 is 19.1 Å². The van der Waals surface area contributed by atoms with Gasteiger partial charge in [-0.25, -0.2) is 4.79 Å². The first-order valence-electron chi connectivity index (χ1n) is 6.89. The predicted molar refractivity (Wildman–Crippen MR) is 78.1 cm³/mol. The minimum Gasteiger partial charge on any atom is -0.438 e. The molecule has 0 bridgehead atoms. The van der Waals surface area contributed by atoms with Crippen molar-refractivity contribution in [3.63, 3.8) is 0 Å². The molecule has 0 aromatic heterocycles. The van der Waals surface area contributed by atoms with E-state index in [1.54, 1.807) is 20.8 Å². The highest BCUT2D eigenvalue weighted by atomic mass is 31.2. The molecule has 1 aromatic carbocycles. The quantitative estimate of drug-likeness (QED) is 0.814. The van der Waals surface area contributed by atoms with Crippen molar-refractivity contribution in [2.45, 2.75) is 32.2 Å². The number of alkyl carbamates (subject to hydrolysis) is 1. The smallest absolute Gasteiger partial charge is 0.408 e. The minimum atomic E-state index is -3.59. The number of hydrogen-bond acceptors (Lipinski definition) is 5. The predicted octanol–water partition coefficient (Wildman–Crippen LogP) is 3.45. The van der Waals surface area contributed by atoms with E-state index >= 15 is 0 Å². The molecule has 0 spiro atoms. The van der Waals surface area contributed by atoms with Gasteiger partial charge in [-0.1, -0.05) is 30.3 Å². The second-order valence-electron chi connectivity index (χ2n) is 4.80. The number of benzene rings is 1. The second kappa shape index (κ2) is 6.18. The maximum absolute atomic E-state index is 13.1. The van der Waals surface area contributed by atoms with Crippen molar-refractivity contribution < 1.29 is 23.1 Å². The van der Waals surface area contributed by atoms with Crippen LogP contribution in [0.3, 0.4) is 0 Å². The molecule has 6 nitrogen and oxygen atoms in total. The number of carbonyl (C=O) groups excluding carboxylic acids is 1. The summed E-state index contributed by atoms with van der Waals surface area (Å²) in [4.78, 5) is 11.7. The zero-order valence-corrected chi connectivity index (χ0v) is 13.3. The van der Waals surface area contributed by atoms with Crippen molar-refractivity contribution in [2.24, 2.45) is 0 Å². The first-order chi connectivity index (χ1) is 9.97. The fraction of sp³-hybridized carbons (Fsp3) is 0.500. The van der Waals surface area contributed by atoms with Gasteiger partial charge in [0.25, 0.3) is 0 Å². The summed E-state index contributed by atoms with van der Waals surface area (Å²) in [6, 6.07) is 9.13. The molecule has 1 aromatic rings. The number of nitrogens with one attached hydrogen (secondary N) is 1. The van der Waals surface area contributed by atoms with E-state index in [9.17, 15) is 9.36 Å². The van der Waals surface area contributed by atoms with Gasteiger partial charge in [0.15, 0.2) is 11.4 Å². The molecule has 2 rings (SSSR count). The zero-order valence-electron chi connectivity index (χ0n) is 12.4. The Morgan fingerprint density at radius 1 is 1.24 bits per heavy atom. The largest absolute Gasteiger partial charge is 0.438 e. The summed E-state index contributed by atoms with van der Waals surface area (Å²) >= 11 is 0. The van der Waals surface area contributed by atoms with E-state index in [1.807, 2.05) is 30.3 Å². The van der Waals surface area contributed by atoms with Gasteiger partial charge in [-0.2, -0.15) is 0 Å². The SMILES string of the molecule is CCOP(=O)(OCC)[C@]1(C)NC(=O)O[C@@H]1c1ccccc1. The molecular formula is C14H20NO5P. The van der Waals surface area contributed by atoms with Gasteiger partial charge in [0.2, 0.25) is 0 Å². The Morgan fingerprint density at radius 2 is 1.81 bits per heavy atom. The van der Waals surface area contributed by atoms with Crippen LogP contribution in [0.4, 0.5) is 4.79 Å². The molecule has 0 saturated carbocycles. The van der Waals surface area contributed by atoms with Gasteiger partial charge in [0.05, 0.1) is 13.2 Å². The Hall–Kier alpha value is -1.36. The average Bonchev–Trinajstić information content (AvgIpc) is 2.77. The highest BCUT2D eigenvalue weighted by Crippen LogP contribution is 2.65. The summed E-state index contributed by atoms with van der Waals surface area (Å²) in [5.74, 6) is 0. The van der Waals surface area contributed by atoms with Crippen molar-refractivity contribution in [2.75, 3.05) is 13.2 Å². The molecule has 21 heavy (non-hydrogen) atoms. The van der Waals surface area contributed by atoms with E-state index < -0.39 is 25.1 Å². The average molecular weight is 313 g/mol.